The first-order valence-electron chi connectivity index (χ1n) is 18.1. The van der Waals surface area contributed by atoms with E-state index in [-0.39, 0.29) is 43.1 Å². The Labute approximate surface area is 274 Å². The number of hydrogen-bond donors (Lipinski definition) is 3. The third-order valence-corrected chi connectivity index (χ3v) is 9.52. The van der Waals surface area contributed by atoms with Crippen LogP contribution in [0.25, 0.3) is 0 Å². The summed E-state index contributed by atoms with van der Waals surface area (Å²) in [7, 11) is -3.72. The first-order chi connectivity index (χ1) is 21.6. The SMILES string of the molecule is CC(=O)CCCCCCCCCCCNC(=O)CCCS(=O)(=O)NC(=O)CCCCCCCCCCCCCCCCC(=O)O. The second-order valence-corrected chi connectivity index (χ2v) is 14.6. The molecule has 45 heavy (non-hydrogen) atoms. The Hall–Kier alpha value is -1.97. The normalized spacial score (nSPS) is 11.4. The van der Waals surface area contributed by atoms with Crippen molar-refractivity contribution in [1.82, 2.24) is 10.0 Å². The lowest BCUT2D eigenvalue weighted by atomic mass is 10.0. The van der Waals surface area contributed by atoms with Crippen LogP contribution in [0.2, 0.25) is 0 Å². The molecular weight excluding hydrogens is 592 g/mol. The molecule has 0 saturated heterocycles. The highest BCUT2D eigenvalue weighted by molar-refractivity contribution is 7.90. The molecule has 0 aromatic carbocycles. The number of unbranched alkanes of at least 4 members (excludes halogenated alkanes) is 21. The maximum atomic E-state index is 12.2. The van der Waals surface area contributed by atoms with Gasteiger partial charge in [0.25, 0.3) is 0 Å². The Balaban J connectivity index is 3.53. The highest BCUT2D eigenvalue weighted by Crippen LogP contribution is 2.14. The standard InChI is InChI=1S/C35H66N2O7S/c1-32(38)26-21-17-13-9-8-12-16-20-24-30-36-33(39)28-25-31-45(43,44)37-34(40)27-22-18-14-10-6-4-2-3-5-7-11-15-19-23-29-35(41)42/h2-31H2,1H3,(H,36,39)(H,37,40)(H,41,42). The Kier molecular flexibility index (Phi) is 29.3. The van der Waals surface area contributed by atoms with Crippen molar-refractivity contribution in [3.63, 3.8) is 0 Å². The van der Waals surface area contributed by atoms with Gasteiger partial charge < -0.3 is 15.2 Å². The number of carbonyl (C=O) groups excluding carboxylic acids is 3. The molecule has 0 atom stereocenters. The zero-order valence-corrected chi connectivity index (χ0v) is 29.3. The molecule has 10 heteroatoms. The van der Waals surface area contributed by atoms with Crippen LogP contribution in [0.15, 0.2) is 0 Å². The van der Waals surface area contributed by atoms with Crippen LogP contribution in [0.5, 0.6) is 0 Å². The monoisotopic (exact) mass is 658 g/mol. The van der Waals surface area contributed by atoms with Gasteiger partial charge in [-0.3, -0.25) is 19.1 Å². The van der Waals surface area contributed by atoms with Crippen molar-refractivity contribution in [3.8, 4) is 0 Å². The van der Waals surface area contributed by atoms with E-state index in [1.54, 1.807) is 6.92 Å². The summed E-state index contributed by atoms with van der Waals surface area (Å²) in [6.45, 7) is 2.25. The fraction of sp³-hybridized carbons (Fsp3) is 0.886. The Morgan fingerprint density at radius 3 is 1.24 bits per heavy atom. The minimum atomic E-state index is -3.72. The minimum absolute atomic E-state index is 0.134. The molecule has 3 N–H and O–H groups in total. The molecule has 0 heterocycles. The number of amides is 2. The van der Waals surface area contributed by atoms with E-state index in [9.17, 15) is 27.6 Å². The molecule has 2 amide bonds. The number of sulfonamides is 1. The lowest BCUT2D eigenvalue weighted by Gasteiger charge is -2.08. The van der Waals surface area contributed by atoms with Gasteiger partial charge in [0, 0.05) is 32.2 Å². The van der Waals surface area contributed by atoms with E-state index < -0.39 is 21.9 Å². The third-order valence-electron chi connectivity index (χ3n) is 8.16. The van der Waals surface area contributed by atoms with Crippen LogP contribution in [0.4, 0.5) is 0 Å². The summed E-state index contributed by atoms with van der Waals surface area (Å²) in [6.07, 6.45) is 26.9. The van der Waals surface area contributed by atoms with E-state index in [1.807, 2.05) is 0 Å². The van der Waals surface area contributed by atoms with Crippen molar-refractivity contribution in [3.05, 3.63) is 0 Å². The van der Waals surface area contributed by atoms with Crippen LogP contribution in [-0.2, 0) is 29.2 Å². The fourth-order valence-electron chi connectivity index (χ4n) is 5.43. The fourth-order valence-corrected chi connectivity index (χ4v) is 6.51. The number of aliphatic carboxylic acids is 1. The van der Waals surface area contributed by atoms with Gasteiger partial charge in [0.1, 0.15) is 5.78 Å². The Bertz CT molecular complexity index is 877. The molecule has 0 fully saturated rings. The lowest BCUT2D eigenvalue weighted by Crippen LogP contribution is -2.33. The highest BCUT2D eigenvalue weighted by Gasteiger charge is 2.15. The van der Waals surface area contributed by atoms with E-state index in [2.05, 4.69) is 10.0 Å². The first kappa shape index (κ1) is 43.0. The maximum Gasteiger partial charge on any atom is 0.303 e. The molecule has 9 nitrogen and oxygen atoms in total. The van der Waals surface area contributed by atoms with E-state index >= 15 is 0 Å². The number of Topliss-reactive ketones (excluding diaryl/α,β-unsaturated/α-hetero) is 1. The van der Waals surface area contributed by atoms with Gasteiger partial charge >= 0.3 is 5.97 Å². The summed E-state index contributed by atoms with van der Waals surface area (Å²) in [5.41, 5.74) is 0. The molecule has 0 rings (SSSR count). The predicted octanol–water partition coefficient (Wildman–Crippen LogP) is 8.15. The van der Waals surface area contributed by atoms with Gasteiger partial charge in [-0.05, 0) is 39.0 Å². The van der Waals surface area contributed by atoms with Crippen LogP contribution in [-0.4, -0.2) is 49.4 Å². The largest absolute Gasteiger partial charge is 0.481 e. The smallest absolute Gasteiger partial charge is 0.303 e. The van der Waals surface area contributed by atoms with Gasteiger partial charge in [0.2, 0.25) is 21.8 Å². The highest BCUT2D eigenvalue weighted by atomic mass is 32.2. The predicted molar refractivity (Wildman–Crippen MR) is 183 cm³/mol. The average Bonchev–Trinajstić information content (AvgIpc) is 2.96. The zero-order chi connectivity index (χ0) is 33.4. The molecule has 0 aromatic heterocycles. The first-order valence-corrected chi connectivity index (χ1v) is 19.8. The summed E-state index contributed by atoms with van der Waals surface area (Å²) in [6, 6.07) is 0. The number of carbonyl (C=O) groups is 4. The van der Waals surface area contributed by atoms with Gasteiger partial charge in [0.15, 0.2) is 0 Å². The van der Waals surface area contributed by atoms with Crippen molar-refractivity contribution in [2.45, 2.75) is 187 Å². The summed E-state index contributed by atoms with van der Waals surface area (Å²) in [4.78, 5) is 45.5. The molecule has 0 unspecified atom stereocenters. The van der Waals surface area contributed by atoms with Crippen molar-refractivity contribution in [1.29, 1.82) is 0 Å². The minimum Gasteiger partial charge on any atom is -0.481 e. The maximum absolute atomic E-state index is 12.2. The van der Waals surface area contributed by atoms with Crippen LogP contribution < -0.4 is 10.0 Å². The van der Waals surface area contributed by atoms with Crippen LogP contribution in [0.1, 0.15) is 187 Å². The molecule has 0 bridgehead atoms. The van der Waals surface area contributed by atoms with Crippen molar-refractivity contribution in [2.24, 2.45) is 0 Å². The topological polar surface area (TPSA) is 147 Å². The quantitative estimate of drug-likeness (QED) is 0.0591. The lowest BCUT2D eigenvalue weighted by molar-refractivity contribution is -0.137. The number of nitrogens with one attached hydrogen (secondary N) is 2. The number of carboxylic acid groups (broad SMARTS) is 1. The molecule has 0 spiro atoms. The number of rotatable bonds is 34. The molecule has 0 aliphatic carbocycles. The van der Waals surface area contributed by atoms with Gasteiger partial charge in [-0.1, -0.05) is 122 Å². The summed E-state index contributed by atoms with van der Waals surface area (Å²) in [5, 5.41) is 11.5. The second kappa shape index (κ2) is 30.7. The average molecular weight is 659 g/mol. The molecule has 0 radical (unpaired) electrons. The molecule has 0 aromatic rings. The molecule has 0 aliphatic heterocycles. The van der Waals surface area contributed by atoms with Crippen molar-refractivity contribution in [2.75, 3.05) is 12.3 Å². The molecule has 0 aliphatic rings. The van der Waals surface area contributed by atoms with Gasteiger partial charge in [0.05, 0.1) is 5.75 Å². The summed E-state index contributed by atoms with van der Waals surface area (Å²) >= 11 is 0. The van der Waals surface area contributed by atoms with Crippen LogP contribution in [0.3, 0.4) is 0 Å². The van der Waals surface area contributed by atoms with E-state index in [1.165, 1.54) is 70.6 Å². The summed E-state index contributed by atoms with van der Waals surface area (Å²) < 4.78 is 26.5. The van der Waals surface area contributed by atoms with E-state index in [4.69, 9.17) is 5.11 Å². The van der Waals surface area contributed by atoms with Crippen molar-refractivity contribution >= 4 is 33.6 Å². The van der Waals surface area contributed by atoms with E-state index in [0.29, 0.717) is 19.4 Å². The molecular formula is C35H66N2O7S. The zero-order valence-electron chi connectivity index (χ0n) is 28.5. The number of hydrogen-bond acceptors (Lipinski definition) is 6. The van der Waals surface area contributed by atoms with Crippen molar-refractivity contribution < 1.29 is 32.7 Å². The van der Waals surface area contributed by atoms with Gasteiger partial charge in [-0.25, -0.2) is 8.42 Å². The number of carboxylic acids is 1. The third kappa shape index (κ3) is 34.7. The Morgan fingerprint density at radius 1 is 0.467 bits per heavy atom. The summed E-state index contributed by atoms with van der Waals surface area (Å²) in [5.74, 6) is -1.27. The van der Waals surface area contributed by atoms with Gasteiger partial charge in [-0.15, -0.1) is 0 Å². The molecule has 264 valence electrons. The van der Waals surface area contributed by atoms with Crippen LogP contribution >= 0.6 is 0 Å². The number of ketones is 1. The van der Waals surface area contributed by atoms with E-state index in [0.717, 1.165) is 70.6 Å². The Morgan fingerprint density at radius 2 is 0.822 bits per heavy atom. The van der Waals surface area contributed by atoms with Crippen LogP contribution in [0, 0.1) is 0 Å². The molecule has 0 saturated carbocycles. The van der Waals surface area contributed by atoms with Gasteiger partial charge in [-0.2, -0.15) is 0 Å². The second-order valence-electron chi connectivity index (χ2n) is 12.8.